The lowest BCUT2D eigenvalue weighted by Gasteiger charge is -2.50. The van der Waals surface area contributed by atoms with Gasteiger partial charge in [-0.05, 0) is 28.1 Å². The molecule has 0 radical (unpaired) electrons. The predicted octanol–water partition coefficient (Wildman–Crippen LogP) is -0.0729. The van der Waals surface area contributed by atoms with Gasteiger partial charge in [0.05, 0.1) is 12.7 Å². The van der Waals surface area contributed by atoms with E-state index in [1.807, 2.05) is 0 Å². The van der Waals surface area contributed by atoms with E-state index in [1.165, 1.54) is 34.5 Å². The normalized spacial score (nSPS) is 21.4. The summed E-state index contributed by atoms with van der Waals surface area (Å²) in [6, 6.07) is 2.45. The highest BCUT2D eigenvalue weighted by Crippen LogP contribution is 2.56. The zero-order valence-corrected chi connectivity index (χ0v) is 18.1. The molecule has 1 fully saturated rings. The molecule has 2 aromatic heterocycles. The molecular formula is C15H17N6O6PS2. The minimum absolute atomic E-state index is 0.0248. The van der Waals surface area contributed by atoms with E-state index in [1.54, 1.807) is 19.2 Å². The fraction of sp³-hybridized carbons (Fsp3) is 0.400. The van der Waals surface area contributed by atoms with Gasteiger partial charge in [-0.1, -0.05) is 11.8 Å². The quantitative estimate of drug-likeness (QED) is 0.281. The first-order valence-corrected chi connectivity index (χ1v) is 12.3. The number of fused-ring (bicyclic) bond motifs is 1. The zero-order chi connectivity index (χ0) is 21.5. The van der Waals surface area contributed by atoms with Crippen molar-refractivity contribution in [2.45, 2.75) is 23.0 Å². The maximum atomic E-state index is 12.7. The third-order valence-corrected chi connectivity index (χ3v) is 8.00. The number of nitrogens with one attached hydrogen (secondary N) is 1. The molecular weight excluding hydrogens is 455 g/mol. The maximum absolute atomic E-state index is 12.7. The van der Waals surface area contributed by atoms with Crippen LogP contribution < -0.4 is 5.32 Å². The fourth-order valence-electron chi connectivity index (χ4n) is 3.16. The number of hydrogen-bond acceptors (Lipinski definition) is 9. The van der Waals surface area contributed by atoms with Gasteiger partial charge in [-0.2, -0.15) is 0 Å². The van der Waals surface area contributed by atoms with Crippen LogP contribution in [-0.2, 0) is 27.6 Å². The average Bonchev–Trinajstić information content (AvgIpc) is 3.34. The molecule has 2 aliphatic rings. The average molecular weight is 472 g/mol. The molecule has 1 saturated heterocycles. The Kier molecular flexibility index (Phi) is 5.77. The summed E-state index contributed by atoms with van der Waals surface area (Å²) < 4.78 is 18.7. The Bertz CT molecular complexity index is 1050. The Hall–Kier alpha value is -2.12. The van der Waals surface area contributed by atoms with Gasteiger partial charge in [0.15, 0.2) is 0 Å². The summed E-state index contributed by atoms with van der Waals surface area (Å²) in [6.07, 6.45) is 1.42. The van der Waals surface area contributed by atoms with Crippen LogP contribution in [0.3, 0.4) is 0 Å². The van der Waals surface area contributed by atoms with Gasteiger partial charge in [0.25, 0.3) is 5.91 Å². The summed E-state index contributed by atoms with van der Waals surface area (Å²) in [6.45, 7) is 0. The summed E-state index contributed by atoms with van der Waals surface area (Å²) in [5.74, 6) is 0.0223. The van der Waals surface area contributed by atoms with Gasteiger partial charge < -0.3 is 19.5 Å². The monoisotopic (exact) mass is 472 g/mol. The molecule has 30 heavy (non-hydrogen) atoms. The number of aryl methyl sites for hydroxylation is 1. The smallest absolute Gasteiger partial charge is 0.372 e. The van der Waals surface area contributed by atoms with Gasteiger partial charge in [0.2, 0.25) is 11.1 Å². The van der Waals surface area contributed by atoms with Crippen molar-refractivity contribution in [1.82, 2.24) is 30.4 Å². The van der Waals surface area contributed by atoms with Gasteiger partial charge in [0, 0.05) is 18.6 Å². The number of thioether (sulfide) groups is 2. The number of amides is 2. The van der Waals surface area contributed by atoms with Crippen LogP contribution in [0.25, 0.3) is 0 Å². The first-order valence-electron chi connectivity index (χ1n) is 8.65. The van der Waals surface area contributed by atoms with E-state index in [-0.39, 0.29) is 17.6 Å². The molecule has 2 atom stereocenters. The van der Waals surface area contributed by atoms with E-state index in [0.717, 1.165) is 4.90 Å². The van der Waals surface area contributed by atoms with E-state index >= 15 is 0 Å². The van der Waals surface area contributed by atoms with Crippen LogP contribution in [0, 0.1) is 0 Å². The van der Waals surface area contributed by atoms with Crippen molar-refractivity contribution >= 4 is 42.9 Å². The van der Waals surface area contributed by atoms with Crippen LogP contribution in [0.5, 0.6) is 0 Å². The molecule has 12 nitrogen and oxygen atoms in total. The second-order valence-electron chi connectivity index (χ2n) is 6.56. The Morgan fingerprint density at radius 3 is 2.93 bits per heavy atom. The molecule has 4 rings (SSSR count). The molecule has 0 spiro atoms. The van der Waals surface area contributed by atoms with Gasteiger partial charge in [0.1, 0.15) is 22.6 Å². The Morgan fingerprint density at radius 2 is 2.30 bits per heavy atom. The van der Waals surface area contributed by atoms with Crippen LogP contribution in [0.2, 0.25) is 0 Å². The minimum atomic E-state index is -4.73. The molecule has 15 heteroatoms. The lowest BCUT2D eigenvalue weighted by Crippen LogP contribution is -2.70. The van der Waals surface area contributed by atoms with Crippen molar-refractivity contribution in [1.29, 1.82) is 0 Å². The number of rotatable bonds is 7. The molecule has 3 N–H and O–H groups in total. The summed E-state index contributed by atoms with van der Waals surface area (Å²) in [7, 11) is -3.08. The highest BCUT2D eigenvalue weighted by atomic mass is 32.2. The van der Waals surface area contributed by atoms with Crippen molar-refractivity contribution < 1.29 is 28.4 Å². The van der Waals surface area contributed by atoms with Gasteiger partial charge >= 0.3 is 7.60 Å². The number of hydrogen-bond donors (Lipinski definition) is 3. The number of nitrogens with zero attached hydrogens (tertiary/aromatic N) is 5. The fourth-order valence-corrected chi connectivity index (χ4v) is 6.86. The van der Waals surface area contributed by atoms with Gasteiger partial charge in [-0.25, -0.2) is 4.68 Å². The molecule has 0 aliphatic carbocycles. The van der Waals surface area contributed by atoms with Crippen molar-refractivity contribution in [2.24, 2.45) is 7.05 Å². The van der Waals surface area contributed by atoms with E-state index in [4.69, 9.17) is 4.42 Å². The second-order valence-corrected chi connectivity index (χ2v) is 10.1. The third-order valence-electron chi connectivity index (χ3n) is 4.48. The molecule has 0 unspecified atom stereocenters. The lowest BCUT2D eigenvalue weighted by molar-refractivity contribution is -0.145. The third kappa shape index (κ3) is 4.05. The van der Waals surface area contributed by atoms with E-state index < -0.39 is 30.8 Å². The van der Waals surface area contributed by atoms with E-state index in [9.17, 15) is 23.9 Å². The highest BCUT2D eigenvalue weighted by Gasteiger charge is 2.55. The SMILES string of the molecule is Cn1nnnc1SCC1=C(P(=O)(O)O)N2C(=O)[C@@H](NC(=O)Cc3ccco3)[C@H]2SC1. The lowest BCUT2D eigenvalue weighted by atomic mass is 10.1. The highest BCUT2D eigenvalue weighted by molar-refractivity contribution is 8.01. The predicted molar refractivity (Wildman–Crippen MR) is 106 cm³/mol. The summed E-state index contributed by atoms with van der Waals surface area (Å²) >= 11 is 2.55. The molecule has 2 amide bonds. The first-order chi connectivity index (χ1) is 14.3. The summed E-state index contributed by atoms with van der Waals surface area (Å²) in [4.78, 5) is 45.8. The minimum Gasteiger partial charge on any atom is -0.469 e. The second kappa shape index (κ2) is 8.19. The summed E-state index contributed by atoms with van der Waals surface area (Å²) in [5, 5.41) is 13.6. The number of aromatic nitrogens is 4. The van der Waals surface area contributed by atoms with Crippen molar-refractivity contribution in [3.63, 3.8) is 0 Å². The topological polar surface area (TPSA) is 164 Å². The van der Waals surface area contributed by atoms with E-state index in [2.05, 4.69) is 20.8 Å². The van der Waals surface area contributed by atoms with Crippen molar-refractivity contribution in [3.05, 3.63) is 35.2 Å². The van der Waals surface area contributed by atoms with Crippen molar-refractivity contribution in [3.8, 4) is 0 Å². The van der Waals surface area contributed by atoms with Crippen molar-refractivity contribution in [2.75, 3.05) is 11.5 Å². The van der Waals surface area contributed by atoms with Gasteiger partial charge in [-0.15, -0.1) is 16.9 Å². The maximum Gasteiger partial charge on any atom is 0.372 e. The molecule has 4 heterocycles. The number of carbonyl (C=O) groups excluding carboxylic acids is 2. The largest absolute Gasteiger partial charge is 0.469 e. The van der Waals surface area contributed by atoms with Crippen LogP contribution in [0.4, 0.5) is 0 Å². The van der Waals surface area contributed by atoms with Crippen LogP contribution in [0.1, 0.15) is 5.76 Å². The Labute approximate surface area is 178 Å². The van der Waals surface area contributed by atoms with Crippen LogP contribution in [0.15, 0.2) is 39.0 Å². The molecule has 2 aromatic rings. The van der Waals surface area contributed by atoms with E-state index in [0.29, 0.717) is 22.2 Å². The number of furan rings is 1. The Balaban J connectivity index is 1.49. The molecule has 0 saturated carbocycles. The van der Waals surface area contributed by atoms with Crippen LogP contribution >= 0.6 is 31.1 Å². The molecule has 0 aromatic carbocycles. The molecule has 2 aliphatic heterocycles. The van der Waals surface area contributed by atoms with Crippen LogP contribution in [-0.4, -0.2) is 69.6 Å². The van der Waals surface area contributed by atoms with Gasteiger partial charge in [-0.3, -0.25) is 19.1 Å². The first kappa shape index (κ1) is 21.1. The molecule has 0 bridgehead atoms. The standard InChI is InChI=1S/C15H17N6O6PS2/c1-20-15(17-18-19-20)30-7-8-6-29-14-11(12(23)21(14)13(8)28(24,25)26)16-10(22)5-9-3-2-4-27-9/h2-4,11,14H,5-7H2,1H3,(H,16,22)(H2,24,25,26)/t11-,14-/m1/s1. The number of tetrazole rings is 1. The number of carbonyl (C=O) groups is 2. The molecule has 160 valence electrons. The zero-order valence-electron chi connectivity index (χ0n) is 15.5. The number of β-lactam (4-membered cyclic amide) rings is 1. The Morgan fingerprint density at radius 1 is 1.50 bits per heavy atom. The summed E-state index contributed by atoms with van der Waals surface area (Å²) in [5.41, 5.74) is 0.140.